The third-order valence-electron chi connectivity index (χ3n) is 6.03. The normalized spacial score (nSPS) is 19.6. The molecule has 1 heterocycles. The highest BCUT2D eigenvalue weighted by Gasteiger charge is 2.32. The van der Waals surface area contributed by atoms with Gasteiger partial charge in [0.15, 0.2) is 0 Å². The number of halogens is 1. The summed E-state index contributed by atoms with van der Waals surface area (Å²) in [4.78, 5) is 0. The molecule has 1 atom stereocenters. The quantitative estimate of drug-likeness (QED) is 0.829. The van der Waals surface area contributed by atoms with Gasteiger partial charge in [-0.3, -0.25) is 0 Å². The van der Waals surface area contributed by atoms with Crippen LogP contribution in [0.3, 0.4) is 0 Å². The number of aliphatic hydroxyl groups excluding tert-OH is 1. The Morgan fingerprint density at radius 3 is 2.48 bits per heavy atom. The van der Waals surface area contributed by atoms with E-state index in [1.54, 1.807) is 0 Å². The summed E-state index contributed by atoms with van der Waals surface area (Å²) in [5.74, 6) is 0.776. The van der Waals surface area contributed by atoms with Gasteiger partial charge < -0.3 is 5.11 Å². The maximum atomic E-state index is 10.3. The molecular weight excluding hydrogens is 332 g/mol. The van der Waals surface area contributed by atoms with Gasteiger partial charge in [-0.2, -0.15) is 5.10 Å². The Bertz CT molecular complexity index is 716. The van der Waals surface area contributed by atoms with Gasteiger partial charge in [-0.15, -0.1) is 0 Å². The van der Waals surface area contributed by atoms with Crippen LogP contribution in [0.5, 0.6) is 0 Å². The molecule has 3 nitrogen and oxygen atoms in total. The minimum absolute atomic E-state index is 0.199. The van der Waals surface area contributed by atoms with Crippen molar-refractivity contribution in [1.82, 2.24) is 9.78 Å². The van der Waals surface area contributed by atoms with Gasteiger partial charge in [0.25, 0.3) is 0 Å². The lowest BCUT2D eigenvalue weighted by Gasteiger charge is -2.30. The fourth-order valence-corrected chi connectivity index (χ4v) is 4.86. The second kappa shape index (κ2) is 7.51. The zero-order valence-electron chi connectivity index (χ0n) is 14.8. The van der Waals surface area contributed by atoms with E-state index in [4.69, 9.17) is 16.7 Å². The molecule has 1 aromatic carbocycles. The van der Waals surface area contributed by atoms with Gasteiger partial charge in [0, 0.05) is 10.9 Å². The van der Waals surface area contributed by atoms with Crippen molar-refractivity contribution in [2.45, 2.75) is 63.7 Å². The molecule has 2 aliphatic rings. The van der Waals surface area contributed by atoms with Crippen LogP contribution in [0.2, 0.25) is 5.02 Å². The van der Waals surface area contributed by atoms with Gasteiger partial charge in [0.05, 0.1) is 23.7 Å². The Morgan fingerprint density at radius 2 is 1.76 bits per heavy atom. The Hall–Kier alpha value is -1.32. The van der Waals surface area contributed by atoms with Crippen LogP contribution >= 0.6 is 11.6 Å². The van der Waals surface area contributed by atoms with Crippen molar-refractivity contribution in [3.8, 4) is 5.69 Å². The molecule has 1 aromatic heterocycles. The van der Waals surface area contributed by atoms with E-state index in [2.05, 4.69) is 4.68 Å². The smallest absolute Gasteiger partial charge is 0.0664 e. The van der Waals surface area contributed by atoms with Crippen molar-refractivity contribution in [3.63, 3.8) is 0 Å². The highest BCUT2D eigenvalue weighted by molar-refractivity contribution is 6.30. The van der Waals surface area contributed by atoms with Crippen LogP contribution in [-0.2, 0) is 12.8 Å². The van der Waals surface area contributed by atoms with Gasteiger partial charge >= 0.3 is 0 Å². The maximum absolute atomic E-state index is 10.3. The average molecular weight is 359 g/mol. The number of benzene rings is 1. The van der Waals surface area contributed by atoms with Crippen LogP contribution in [0.1, 0.15) is 67.8 Å². The molecule has 1 saturated carbocycles. The highest BCUT2D eigenvalue weighted by atomic mass is 35.5. The molecule has 4 heteroatoms. The van der Waals surface area contributed by atoms with E-state index in [0.717, 1.165) is 23.6 Å². The van der Waals surface area contributed by atoms with Crippen LogP contribution in [0, 0.1) is 5.92 Å². The Morgan fingerprint density at radius 1 is 1.04 bits per heavy atom. The SMILES string of the molecule is OCC(c1c2c(nn1-c1ccc(Cl)cc1)CCCC2)C1CCCCC1. The zero-order valence-corrected chi connectivity index (χ0v) is 15.5. The van der Waals surface area contributed by atoms with Crippen molar-refractivity contribution in [2.24, 2.45) is 5.92 Å². The fraction of sp³-hybridized carbons (Fsp3) is 0.571. The predicted octanol–water partition coefficient (Wildman–Crippen LogP) is 5.06. The number of hydrogen-bond donors (Lipinski definition) is 1. The van der Waals surface area contributed by atoms with Gasteiger partial charge in [0.1, 0.15) is 0 Å². The van der Waals surface area contributed by atoms with E-state index in [-0.39, 0.29) is 12.5 Å². The summed E-state index contributed by atoms with van der Waals surface area (Å²) >= 11 is 6.08. The number of hydrogen-bond acceptors (Lipinski definition) is 2. The van der Waals surface area contributed by atoms with Crippen molar-refractivity contribution < 1.29 is 5.11 Å². The largest absolute Gasteiger partial charge is 0.396 e. The van der Waals surface area contributed by atoms with E-state index in [1.165, 1.54) is 61.9 Å². The lowest BCUT2D eigenvalue weighted by molar-refractivity contribution is 0.191. The standard InChI is InChI=1S/C21H27ClN2O/c22-16-10-12-17(13-11-16)24-21(18-8-4-5-9-20(18)23-24)19(14-25)15-6-2-1-3-7-15/h10-13,15,19,25H,1-9,14H2. The lowest BCUT2D eigenvalue weighted by atomic mass is 9.77. The number of rotatable bonds is 4. The first-order chi connectivity index (χ1) is 12.3. The first kappa shape index (κ1) is 17.1. The summed E-state index contributed by atoms with van der Waals surface area (Å²) in [6.45, 7) is 0.219. The van der Waals surface area contributed by atoms with E-state index < -0.39 is 0 Å². The summed E-state index contributed by atoms with van der Waals surface area (Å²) in [6.07, 6.45) is 11.0. The van der Waals surface area contributed by atoms with Gasteiger partial charge in [-0.25, -0.2) is 4.68 Å². The fourth-order valence-electron chi connectivity index (χ4n) is 4.73. The molecule has 2 aliphatic carbocycles. The molecular formula is C21H27ClN2O. The minimum atomic E-state index is 0.199. The van der Waals surface area contributed by atoms with Crippen LogP contribution in [0.25, 0.3) is 5.69 Å². The molecule has 1 N–H and O–H groups in total. The first-order valence-electron chi connectivity index (χ1n) is 9.75. The summed E-state index contributed by atoms with van der Waals surface area (Å²) in [7, 11) is 0. The van der Waals surface area contributed by atoms with Crippen LogP contribution in [0.15, 0.2) is 24.3 Å². The van der Waals surface area contributed by atoms with Gasteiger partial charge in [-0.1, -0.05) is 30.9 Å². The predicted molar refractivity (Wildman–Crippen MR) is 102 cm³/mol. The zero-order chi connectivity index (χ0) is 17.2. The van der Waals surface area contributed by atoms with E-state index in [1.807, 2.05) is 24.3 Å². The topological polar surface area (TPSA) is 38.1 Å². The monoisotopic (exact) mass is 358 g/mol. The molecule has 1 unspecified atom stereocenters. The summed E-state index contributed by atoms with van der Waals surface area (Å²) in [5.41, 5.74) is 4.98. The van der Waals surface area contributed by atoms with Crippen LogP contribution in [0.4, 0.5) is 0 Å². The van der Waals surface area contributed by atoms with Crippen molar-refractivity contribution in [2.75, 3.05) is 6.61 Å². The Kier molecular flexibility index (Phi) is 5.14. The third-order valence-corrected chi connectivity index (χ3v) is 6.29. The molecule has 0 amide bonds. The van der Waals surface area contributed by atoms with Crippen molar-refractivity contribution in [1.29, 1.82) is 0 Å². The second-order valence-corrected chi connectivity index (χ2v) is 8.03. The van der Waals surface area contributed by atoms with E-state index in [9.17, 15) is 5.11 Å². The number of aryl methyl sites for hydroxylation is 1. The summed E-state index contributed by atoms with van der Waals surface area (Å²) < 4.78 is 2.11. The average Bonchev–Trinajstić information content (AvgIpc) is 3.04. The van der Waals surface area contributed by atoms with E-state index >= 15 is 0 Å². The van der Waals surface area contributed by atoms with Crippen LogP contribution in [-0.4, -0.2) is 21.5 Å². The van der Waals surface area contributed by atoms with Gasteiger partial charge in [-0.05, 0) is 74.3 Å². The maximum Gasteiger partial charge on any atom is 0.0664 e. The Labute approximate surface area is 155 Å². The Balaban J connectivity index is 1.80. The number of nitrogens with zero attached hydrogens (tertiary/aromatic N) is 2. The number of fused-ring (bicyclic) bond motifs is 1. The third kappa shape index (κ3) is 3.37. The molecule has 2 aromatic rings. The van der Waals surface area contributed by atoms with Gasteiger partial charge in [0.2, 0.25) is 0 Å². The first-order valence-corrected chi connectivity index (χ1v) is 10.1. The minimum Gasteiger partial charge on any atom is -0.396 e. The molecule has 0 bridgehead atoms. The number of aromatic nitrogens is 2. The number of aliphatic hydroxyl groups is 1. The molecule has 4 rings (SSSR count). The molecule has 0 radical (unpaired) electrons. The van der Waals surface area contributed by atoms with Crippen LogP contribution < -0.4 is 0 Å². The highest BCUT2D eigenvalue weighted by Crippen LogP contribution is 2.40. The summed E-state index contributed by atoms with van der Waals surface area (Å²) in [6, 6.07) is 7.94. The molecule has 0 aliphatic heterocycles. The second-order valence-electron chi connectivity index (χ2n) is 7.59. The summed E-state index contributed by atoms with van der Waals surface area (Å²) in [5, 5.41) is 16.0. The lowest BCUT2D eigenvalue weighted by Crippen LogP contribution is -2.23. The molecule has 25 heavy (non-hydrogen) atoms. The molecule has 134 valence electrons. The molecule has 0 spiro atoms. The van der Waals surface area contributed by atoms with Crippen molar-refractivity contribution in [3.05, 3.63) is 46.2 Å². The molecule has 0 saturated heterocycles. The molecule has 1 fully saturated rings. The van der Waals surface area contributed by atoms with E-state index in [0.29, 0.717) is 5.92 Å². The van der Waals surface area contributed by atoms with Crippen molar-refractivity contribution >= 4 is 11.6 Å².